The van der Waals surface area contributed by atoms with Gasteiger partial charge in [0, 0.05) is 43.3 Å². The van der Waals surface area contributed by atoms with Crippen LogP contribution in [-0.2, 0) is 11.3 Å². The van der Waals surface area contributed by atoms with E-state index in [1.165, 1.54) is 16.5 Å². The number of amides is 1. The molecule has 4 nitrogen and oxygen atoms in total. The highest BCUT2D eigenvalue weighted by atomic mass is 16.2. The minimum absolute atomic E-state index is 0.161. The Bertz CT molecular complexity index is 659. The van der Waals surface area contributed by atoms with Crippen LogP contribution in [0, 0.1) is 5.92 Å². The Morgan fingerprint density at radius 1 is 1.30 bits per heavy atom. The van der Waals surface area contributed by atoms with Gasteiger partial charge in [0.2, 0.25) is 5.91 Å². The molecule has 1 unspecified atom stereocenters. The van der Waals surface area contributed by atoms with Gasteiger partial charge in [-0.1, -0.05) is 18.2 Å². The lowest BCUT2D eigenvalue weighted by molar-refractivity contribution is -0.137. The first-order valence-corrected chi connectivity index (χ1v) is 8.79. The maximum absolute atomic E-state index is 12.6. The largest absolute Gasteiger partial charge is 0.361 e. The molecule has 2 heterocycles. The molecule has 1 saturated heterocycles. The van der Waals surface area contributed by atoms with Crippen LogP contribution in [0.5, 0.6) is 0 Å². The topological polar surface area (TPSA) is 39.3 Å². The summed E-state index contributed by atoms with van der Waals surface area (Å²) in [6.07, 6.45) is 4.25. The van der Waals surface area contributed by atoms with Gasteiger partial charge in [-0.3, -0.25) is 9.69 Å². The molecule has 3 rings (SSSR count). The van der Waals surface area contributed by atoms with Crippen molar-refractivity contribution in [1.82, 2.24) is 14.8 Å². The molecule has 1 amide bonds. The third kappa shape index (κ3) is 3.42. The van der Waals surface area contributed by atoms with E-state index in [1.807, 2.05) is 4.90 Å². The van der Waals surface area contributed by atoms with Crippen molar-refractivity contribution in [2.24, 2.45) is 5.92 Å². The van der Waals surface area contributed by atoms with Crippen LogP contribution in [0.15, 0.2) is 30.5 Å². The molecule has 1 aliphatic rings. The number of hydrogen-bond acceptors (Lipinski definition) is 2. The van der Waals surface area contributed by atoms with Gasteiger partial charge < -0.3 is 9.88 Å². The number of fused-ring (bicyclic) bond motifs is 1. The standard InChI is InChI=1S/C19H27N3O/c1-3-22(4-2)19(23)15-8-7-11-21(13-15)14-16-12-20-18-10-6-5-9-17(16)18/h5-6,9-10,12,15,20H,3-4,7-8,11,13-14H2,1-2H3. The molecule has 1 N–H and O–H groups in total. The lowest BCUT2D eigenvalue weighted by Gasteiger charge is -2.34. The predicted octanol–water partition coefficient (Wildman–Crippen LogP) is 3.25. The van der Waals surface area contributed by atoms with Crippen LogP contribution in [0.1, 0.15) is 32.3 Å². The Balaban J connectivity index is 1.68. The number of likely N-dealkylation sites (tertiary alicyclic amines) is 1. The Kier molecular flexibility index (Phi) is 5.01. The van der Waals surface area contributed by atoms with Crippen LogP contribution in [-0.4, -0.2) is 46.9 Å². The number of benzene rings is 1. The molecule has 124 valence electrons. The molecular formula is C19H27N3O. The molecule has 1 aromatic heterocycles. The Morgan fingerprint density at radius 2 is 2.09 bits per heavy atom. The van der Waals surface area contributed by atoms with Gasteiger partial charge in [0.05, 0.1) is 5.92 Å². The summed E-state index contributed by atoms with van der Waals surface area (Å²) in [4.78, 5) is 20.4. The molecule has 1 atom stereocenters. The van der Waals surface area contributed by atoms with E-state index in [0.29, 0.717) is 5.91 Å². The number of nitrogens with zero attached hydrogens (tertiary/aromatic N) is 2. The van der Waals surface area contributed by atoms with E-state index < -0.39 is 0 Å². The maximum Gasteiger partial charge on any atom is 0.226 e. The molecule has 0 spiro atoms. The second-order valence-corrected chi connectivity index (χ2v) is 6.44. The van der Waals surface area contributed by atoms with Crippen LogP contribution >= 0.6 is 0 Å². The van der Waals surface area contributed by atoms with Crippen molar-refractivity contribution >= 4 is 16.8 Å². The van der Waals surface area contributed by atoms with Gasteiger partial charge in [0.1, 0.15) is 0 Å². The number of carbonyl (C=O) groups is 1. The van der Waals surface area contributed by atoms with Gasteiger partial charge in [0.25, 0.3) is 0 Å². The molecule has 1 fully saturated rings. The number of piperidine rings is 1. The smallest absolute Gasteiger partial charge is 0.226 e. The SMILES string of the molecule is CCN(CC)C(=O)C1CCCN(Cc2c[nH]c3ccccc23)C1. The molecule has 1 aliphatic heterocycles. The van der Waals surface area contributed by atoms with Crippen molar-refractivity contribution in [3.05, 3.63) is 36.0 Å². The number of rotatable bonds is 5. The molecule has 0 saturated carbocycles. The van der Waals surface area contributed by atoms with Crippen molar-refractivity contribution in [2.45, 2.75) is 33.2 Å². The number of H-pyrrole nitrogens is 1. The van der Waals surface area contributed by atoms with Crippen LogP contribution in [0.2, 0.25) is 0 Å². The lowest BCUT2D eigenvalue weighted by atomic mass is 9.96. The van der Waals surface area contributed by atoms with E-state index in [0.717, 1.165) is 45.6 Å². The van der Waals surface area contributed by atoms with Crippen LogP contribution in [0.3, 0.4) is 0 Å². The van der Waals surface area contributed by atoms with E-state index in [9.17, 15) is 4.79 Å². The molecule has 4 heteroatoms. The van der Waals surface area contributed by atoms with Gasteiger partial charge in [-0.05, 0) is 44.9 Å². The van der Waals surface area contributed by atoms with E-state index in [-0.39, 0.29) is 5.92 Å². The van der Waals surface area contributed by atoms with Gasteiger partial charge in [-0.2, -0.15) is 0 Å². The van der Waals surface area contributed by atoms with Crippen molar-refractivity contribution in [3.8, 4) is 0 Å². The van der Waals surface area contributed by atoms with Crippen molar-refractivity contribution in [3.63, 3.8) is 0 Å². The molecule has 1 aromatic carbocycles. The monoisotopic (exact) mass is 313 g/mol. The fraction of sp³-hybridized carbons (Fsp3) is 0.526. The summed E-state index contributed by atoms with van der Waals surface area (Å²) in [7, 11) is 0. The number of para-hydroxylation sites is 1. The van der Waals surface area contributed by atoms with Crippen LogP contribution < -0.4 is 0 Å². The predicted molar refractivity (Wildman–Crippen MR) is 94.2 cm³/mol. The summed E-state index contributed by atoms with van der Waals surface area (Å²) in [5.41, 5.74) is 2.52. The van der Waals surface area contributed by atoms with Crippen molar-refractivity contribution < 1.29 is 4.79 Å². The summed E-state index contributed by atoms with van der Waals surface area (Å²) in [5, 5.41) is 1.30. The quantitative estimate of drug-likeness (QED) is 0.920. The lowest BCUT2D eigenvalue weighted by Crippen LogP contribution is -2.44. The van der Waals surface area contributed by atoms with E-state index in [1.54, 1.807) is 0 Å². The molecular weight excluding hydrogens is 286 g/mol. The first-order chi connectivity index (χ1) is 11.2. The van der Waals surface area contributed by atoms with Gasteiger partial charge in [-0.25, -0.2) is 0 Å². The minimum atomic E-state index is 0.161. The van der Waals surface area contributed by atoms with E-state index in [2.05, 4.69) is 54.2 Å². The number of hydrogen-bond donors (Lipinski definition) is 1. The number of aromatic amines is 1. The Morgan fingerprint density at radius 3 is 2.87 bits per heavy atom. The number of aromatic nitrogens is 1. The van der Waals surface area contributed by atoms with E-state index in [4.69, 9.17) is 0 Å². The number of nitrogens with one attached hydrogen (secondary N) is 1. The highest BCUT2D eigenvalue weighted by molar-refractivity contribution is 5.83. The normalized spacial score (nSPS) is 19.1. The summed E-state index contributed by atoms with van der Waals surface area (Å²) in [6.45, 7) is 8.65. The average molecular weight is 313 g/mol. The molecule has 0 bridgehead atoms. The fourth-order valence-electron chi connectivity index (χ4n) is 3.70. The zero-order chi connectivity index (χ0) is 16.2. The molecule has 2 aromatic rings. The first-order valence-electron chi connectivity index (χ1n) is 8.79. The van der Waals surface area contributed by atoms with Crippen LogP contribution in [0.25, 0.3) is 10.9 Å². The van der Waals surface area contributed by atoms with Crippen molar-refractivity contribution in [1.29, 1.82) is 0 Å². The van der Waals surface area contributed by atoms with Gasteiger partial charge >= 0.3 is 0 Å². The molecule has 23 heavy (non-hydrogen) atoms. The van der Waals surface area contributed by atoms with Crippen molar-refractivity contribution in [2.75, 3.05) is 26.2 Å². The third-order valence-electron chi connectivity index (χ3n) is 5.00. The highest BCUT2D eigenvalue weighted by Gasteiger charge is 2.28. The first kappa shape index (κ1) is 16.1. The summed E-state index contributed by atoms with van der Waals surface area (Å²) < 4.78 is 0. The second-order valence-electron chi connectivity index (χ2n) is 6.44. The zero-order valence-corrected chi connectivity index (χ0v) is 14.2. The summed E-state index contributed by atoms with van der Waals surface area (Å²) >= 11 is 0. The second kappa shape index (κ2) is 7.18. The summed E-state index contributed by atoms with van der Waals surface area (Å²) in [6, 6.07) is 8.43. The zero-order valence-electron chi connectivity index (χ0n) is 14.2. The summed E-state index contributed by atoms with van der Waals surface area (Å²) in [5.74, 6) is 0.493. The highest BCUT2D eigenvalue weighted by Crippen LogP contribution is 2.24. The third-order valence-corrected chi connectivity index (χ3v) is 5.00. The van der Waals surface area contributed by atoms with Gasteiger partial charge in [0.15, 0.2) is 0 Å². The fourth-order valence-corrected chi connectivity index (χ4v) is 3.70. The maximum atomic E-state index is 12.6. The molecule has 0 aliphatic carbocycles. The van der Waals surface area contributed by atoms with Gasteiger partial charge in [-0.15, -0.1) is 0 Å². The number of carbonyl (C=O) groups excluding carboxylic acids is 1. The Hall–Kier alpha value is -1.81. The average Bonchev–Trinajstić information content (AvgIpc) is 2.99. The Labute approximate surface area is 138 Å². The molecule has 0 radical (unpaired) electrons. The van der Waals surface area contributed by atoms with E-state index >= 15 is 0 Å². The van der Waals surface area contributed by atoms with Crippen LogP contribution in [0.4, 0.5) is 0 Å². The minimum Gasteiger partial charge on any atom is -0.361 e.